The molecule has 1 aliphatic carbocycles. The Morgan fingerprint density at radius 1 is 1.33 bits per heavy atom. The highest BCUT2D eigenvalue weighted by Crippen LogP contribution is 2.38. The summed E-state index contributed by atoms with van der Waals surface area (Å²) in [7, 11) is 1.56. The van der Waals surface area contributed by atoms with Crippen molar-refractivity contribution in [2.75, 3.05) is 12.4 Å². The van der Waals surface area contributed by atoms with E-state index >= 15 is 0 Å². The van der Waals surface area contributed by atoms with Gasteiger partial charge in [-0.1, -0.05) is 31.4 Å². The van der Waals surface area contributed by atoms with E-state index in [9.17, 15) is 14.9 Å². The molecule has 1 fully saturated rings. The number of Topliss-reactive ketones (excluding diaryl/α,β-unsaturated/α-hetero) is 1. The van der Waals surface area contributed by atoms with Crippen LogP contribution in [0.1, 0.15) is 43.0 Å². The van der Waals surface area contributed by atoms with E-state index in [0.717, 1.165) is 25.7 Å². The Labute approximate surface area is 128 Å². The quantitative estimate of drug-likeness (QED) is 0.511. The van der Waals surface area contributed by atoms with Crippen LogP contribution in [0.3, 0.4) is 0 Å². The van der Waals surface area contributed by atoms with E-state index in [1.165, 1.54) is 6.07 Å². The second-order valence-electron chi connectivity index (χ2n) is 5.65. The van der Waals surface area contributed by atoms with Gasteiger partial charge in [-0.15, -0.1) is 0 Å². The number of nitro benzene ring substituents is 1. The molecule has 0 aliphatic heterocycles. The molecular formula is C15H19ClN2O3. The molecule has 0 amide bonds. The summed E-state index contributed by atoms with van der Waals surface area (Å²) in [5.41, 5.74) is 0.151. The predicted octanol–water partition coefficient (Wildman–Crippen LogP) is 4.30. The maximum Gasteiger partial charge on any atom is 0.304 e. The number of rotatable bonds is 4. The van der Waals surface area contributed by atoms with Crippen molar-refractivity contribution in [1.82, 2.24) is 0 Å². The Morgan fingerprint density at radius 3 is 2.48 bits per heavy atom. The molecule has 21 heavy (non-hydrogen) atoms. The molecule has 1 aliphatic rings. The van der Waals surface area contributed by atoms with Crippen molar-refractivity contribution >= 4 is 28.8 Å². The van der Waals surface area contributed by atoms with E-state index in [-0.39, 0.29) is 33.7 Å². The maximum atomic E-state index is 12.6. The Morgan fingerprint density at radius 2 is 1.95 bits per heavy atom. The summed E-state index contributed by atoms with van der Waals surface area (Å²) < 4.78 is 0. The number of carbonyl (C=O) groups is 1. The number of ketones is 1. The number of hydrogen-bond donors (Lipinski definition) is 1. The molecule has 0 bridgehead atoms. The second kappa shape index (κ2) is 6.43. The van der Waals surface area contributed by atoms with Gasteiger partial charge in [0, 0.05) is 13.0 Å². The van der Waals surface area contributed by atoms with Crippen LogP contribution in [-0.4, -0.2) is 17.8 Å². The largest absolute Gasteiger partial charge is 0.381 e. The van der Waals surface area contributed by atoms with Crippen LogP contribution in [0.25, 0.3) is 0 Å². The van der Waals surface area contributed by atoms with Crippen molar-refractivity contribution in [3.63, 3.8) is 0 Å². The van der Waals surface area contributed by atoms with E-state index in [1.54, 1.807) is 13.1 Å². The van der Waals surface area contributed by atoms with Crippen molar-refractivity contribution in [1.29, 1.82) is 0 Å². The smallest absolute Gasteiger partial charge is 0.304 e. The Bertz CT molecular complexity index is 566. The fourth-order valence-electron chi connectivity index (χ4n) is 2.94. The summed E-state index contributed by atoms with van der Waals surface area (Å²) >= 11 is 5.98. The van der Waals surface area contributed by atoms with Crippen LogP contribution in [-0.2, 0) is 0 Å². The molecule has 0 radical (unpaired) electrons. The molecule has 6 heteroatoms. The first kappa shape index (κ1) is 15.8. The summed E-state index contributed by atoms with van der Waals surface area (Å²) in [5, 5.41) is 14.3. The van der Waals surface area contributed by atoms with E-state index in [2.05, 4.69) is 12.2 Å². The molecule has 114 valence electrons. The standard InChI is InChI=1S/C15H19ClN2O3/c1-9-3-5-10(6-4-9)15(19)11-7-8-12(16)13(17-2)14(11)18(20)21/h7-10,17H,3-6H2,1-2H3. The average molecular weight is 311 g/mol. The fourth-order valence-corrected chi connectivity index (χ4v) is 3.18. The number of hydrogen-bond acceptors (Lipinski definition) is 4. The summed E-state index contributed by atoms with van der Waals surface area (Å²) in [5.74, 6) is 0.370. The van der Waals surface area contributed by atoms with Crippen molar-refractivity contribution in [3.05, 3.63) is 32.8 Å². The highest BCUT2D eigenvalue weighted by molar-refractivity contribution is 6.34. The second-order valence-corrected chi connectivity index (χ2v) is 6.05. The zero-order chi connectivity index (χ0) is 15.6. The van der Waals surface area contributed by atoms with Crippen molar-refractivity contribution in [3.8, 4) is 0 Å². The van der Waals surface area contributed by atoms with Gasteiger partial charge in [-0.3, -0.25) is 14.9 Å². The van der Waals surface area contributed by atoms with Crippen LogP contribution in [0.2, 0.25) is 5.02 Å². The number of nitrogens with one attached hydrogen (secondary N) is 1. The van der Waals surface area contributed by atoms with Gasteiger partial charge < -0.3 is 5.32 Å². The van der Waals surface area contributed by atoms with Crippen LogP contribution in [0.4, 0.5) is 11.4 Å². The van der Waals surface area contributed by atoms with E-state index in [4.69, 9.17) is 11.6 Å². The van der Waals surface area contributed by atoms with Gasteiger partial charge in [-0.2, -0.15) is 0 Å². The predicted molar refractivity (Wildman–Crippen MR) is 83.1 cm³/mol. The number of nitro groups is 1. The molecule has 0 heterocycles. The maximum absolute atomic E-state index is 12.6. The first-order valence-corrected chi connectivity index (χ1v) is 7.52. The third kappa shape index (κ3) is 3.18. The molecule has 1 saturated carbocycles. The number of benzene rings is 1. The molecule has 0 atom stereocenters. The highest BCUT2D eigenvalue weighted by atomic mass is 35.5. The summed E-state index contributed by atoms with van der Waals surface area (Å²) in [6, 6.07) is 3.01. The number of carbonyl (C=O) groups excluding carboxylic acids is 1. The Balaban J connectivity index is 2.39. The minimum atomic E-state index is -0.531. The molecule has 0 saturated heterocycles. The first-order chi connectivity index (χ1) is 9.95. The van der Waals surface area contributed by atoms with Gasteiger partial charge in [0.15, 0.2) is 5.78 Å². The first-order valence-electron chi connectivity index (χ1n) is 7.14. The van der Waals surface area contributed by atoms with Gasteiger partial charge in [-0.05, 0) is 30.9 Å². The summed E-state index contributed by atoms with van der Waals surface area (Å²) in [6.45, 7) is 2.17. The van der Waals surface area contributed by atoms with E-state index in [0.29, 0.717) is 5.92 Å². The van der Waals surface area contributed by atoms with Gasteiger partial charge >= 0.3 is 5.69 Å². The van der Waals surface area contributed by atoms with Gasteiger partial charge in [0.05, 0.1) is 15.5 Å². The number of halogens is 1. The van der Waals surface area contributed by atoms with Crippen molar-refractivity contribution < 1.29 is 9.72 Å². The number of anilines is 1. The minimum absolute atomic E-state index is 0.120. The highest BCUT2D eigenvalue weighted by Gasteiger charge is 2.32. The monoisotopic (exact) mass is 310 g/mol. The van der Waals surface area contributed by atoms with Crippen LogP contribution in [0, 0.1) is 22.0 Å². The molecule has 1 N–H and O–H groups in total. The van der Waals surface area contributed by atoms with Gasteiger partial charge in [0.1, 0.15) is 5.69 Å². The molecule has 0 spiro atoms. The van der Waals surface area contributed by atoms with Crippen molar-refractivity contribution in [2.24, 2.45) is 11.8 Å². The molecule has 1 aromatic rings. The van der Waals surface area contributed by atoms with Crippen LogP contribution >= 0.6 is 11.6 Å². The third-order valence-corrected chi connectivity index (χ3v) is 4.53. The molecule has 2 rings (SSSR count). The van der Waals surface area contributed by atoms with Crippen LogP contribution in [0.15, 0.2) is 12.1 Å². The van der Waals surface area contributed by atoms with Gasteiger partial charge in [0.25, 0.3) is 0 Å². The van der Waals surface area contributed by atoms with Gasteiger partial charge in [0.2, 0.25) is 0 Å². The Hall–Kier alpha value is -1.62. The topological polar surface area (TPSA) is 72.2 Å². The summed E-state index contributed by atoms with van der Waals surface area (Å²) in [4.78, 5) is 23.5. The molecular weight excluding hydrogens is 292 g/mol. The normalized spacial score (nSPS) is 21.9. The zero-order valence-electron chi connectivity index (χ0n) is 12.2. The number of nitrogens with zero attached hydrogens (tertiary/aromatic N) is 1. The van der Waals surface area contributed by atoms with E-state index in [1.807, 2.05) is 0 Å². The lowest BCUT2D eigenvalue weighted by Crippen LogP contribution is -2.22. The average Bonchev–Trinajstić information content (AvgIpc) is 2.46. The zero-order valence-corrected chi connectivity index (χ0v) is 12.9. The molecule has 5 nitrogen and oxygen atoms in total. The third-order valence-electron chi connectivity index (χ3n) is 4.21. The van der Waals surface area contributed by atoms with Crippen LogP contribution in [0.5, 0.6) is 0 Å². The van der Waals surface area contributed by atoms with Gasteiger partial charge in [-0.25, -0.2) is 0 Å². The molecule has 1 aromatic carbocycles. The lowest BCUT2D eigenvalue weighted by atomic mass is 9.79. The molecule has 0 unspecified atom stereocenters. The van der Waals surface area contributed by atoms with Crippen molar-refractivity contribution in [2.45, 2.75) is 32.6 Å². The minimum Gasteiger partial charge on any atom is -0.381 e. The lowest BCUT2D eigenvalue weighted by molar-refractivity contribution is -0.384. The Kier molecular flexibility index (Phi) is 4.83. The SMILES string of the molecule is CNc1c(Cl)ccc(C(=O)C2CCC(C)CC2)c1[N+](=O)[O-]. The fraction of sp³-hybridized carbons (Fsp3) is 0.533. The van der Waals surface area contributed by atoms with Crippen LogP contribution < -0.4 is 5.32 Å². The summed E-state index contributed by atoms with van der Waals surface area (Å²) in [6.07, 6.45) is 3.59. The van der Waals surface area contributed by atoms with E-state index < -0.39 is 4.92 Å². The lowest BCUT2D eigenvalue weighted by Gasteiger charge is -2.25. The molecule has 0 aromatic heterocycles.